The highest BCUT2D eigenvalue weighted by Gasteiger charge is 2.31. The lowest BCUT2D eigenvalue weighted by Gasteiger charge is -2.08. The lowest BCUT2D eigenvalue weighted by Crippen LogP contribution is -2.22. The molecule has 0 aromatic heterocycles. The molecule has 2 rings (SSSR count). The number of nitrogens with zero attached hydrogens (tertiary/aromatic N) is 1. The van der Waals surface area contributed by atoms with Crippen molar-refractivity contribution in [3.8, 4) is 0 Å². The van der Waals surface area contributed by atoms with Crippen LogP contribution in [0, 0.1) is 10.1 Å². The number of thioether (sulfide) groups is 1. The van der Waals surface area contributed by atoms with Gasteiger partial charge >= 0.3 is 11.9 Å². The smallest absolute Gasteiger partial charge is 0.347 e. The van der Waals surface area contributed by atoms with Gasteiger partial charge in [0.25, 0.3) is 5.69 Å². The second kappa shape index (κ2) is 5.91. The molecule has 1 aliphatic rings. The Labute approximate surface area is 118 Å². The lowest BCUT2D eigenvalue weighted by atomic mass is 10.2. The summed E-state index contributed by atoms with van der Waals surface area (Å²) in [5, 5.41) is 10.9. The summed E-state index contributed by atoms with van der Waals surface area (Å²) in [5.41, 5.74) is -0.129. The van der Waals surface area contributed by atoms with E-state index in [2.05, 4.69) is 4.74 Å². The van der Waals surface area contributed by atoms with Gasteiger partial charge in [-0.25, -0.2) is 9.59 Å². The molecule has 1 saturated heterocycles. The molecule has 0 spiro atoms. The molecule has 1 fully saturated rings. The van der Waals surface area contributed by atoms with Crippen LogP contribution in [-0.4, -0.2) is 35.8 Å². The number of esters is 2. The number of benzene rings is 1. The first-order valence-corrected chi connectivity index (χ1v) is 6.95. The molecule has 1 aromatic rings. The number of rotatable bonds is 4. The van der Waals surface area contributed by atoms with Crippen LogP contribution < -0.4 is 0 Å². The Hall–Kier alpha value is -2.09. The lowest BCUT2D eigenvalue weighted by molar-refractivity contribution is -0.387. The van der Waals surface area contributed by atoms with Crippen molar-refractivity contribution in [1.82, 2.24) is 0 Å². The normalized spacial score (nSPS) is 17.6. The fourth-order valence-electron chi connectivity index (χ4n) is 1.74. The molecule has 0 saturated carbocycles. The molecule has 0 radical (unpaired) electrons. The minimum atomic E-state index is -0.929. The minimum absolute atomic E-state index is 0.0363. The first-order chi connectivity index (χ1) is 9.52. The number of ether oxygens (including phenoxy) is 2. The molecule has 1 heterocycles. The summed E-state index contributed by atoms with van der Waals surface area (Å²) in [6.45, 7) is 0.211. The quantitative estimate of drug-likeness (QED) is 0.362. The van der Waals surface area contributed by atoms with Crippen LogP contribution in [0.25, 0.3) is 0 Å². The fraction of sp³-hybridized carbons (Fsp3) is 0.333. The van der Waals surface area contributed by atoms with Gasteiger partial charge in [0, 0.05) is 12.5 Å². The Morgan fingerprint density at radius 3 is 2.85 bits per heavy atom. The molecule has 1 aliphatic heterocycles. The Morgan fingerprint density at radius 1 is 1.55 bits per heavy atom. The molecular weight excluding hydrogens is 286 g/mol. The van der Waals surface area contributed by atoms with E-state index in [-0.39, 0.29) is 17.9 Å². The maximum Gasteiger partial charge on any atom is 0.347 e. The standard InChI is InChI=1S/C12H11NO6S/c1-20-10-3-2-7(6-8(10)13(16)17)11(14)19-9-4-5-18-12(9)15/h2-3,6,9H,4-5H2,1H3/t9-/m0/s1. The van der Waals surface area contributed by atoms with Gasteiger partial charge in [-0.1, -0.05) is 0 Å². The number of hydrogen-bond donors (Lipinski definition) is 0. The second-order valence-corrected chi connectivity index (χ2v) is 4.84. The van der Waals surface area contributed by atoms with Crippen LogP contribution in [0.2, 0.25) is 0 Å². The number of hydrogen-bond acceptors (Lipinski definition) is 7. The molecule has 0 N–H and O–H groups in total. The Bertz CT molecular complexity index is 573. The van der Waals surface area contributed by atoms with E-state index >= 15 is 0 Å². The number of nitro benzene ring substituents is 1. The predicted molar refractivity (Wildman–Crippen MR) is 69.7 cm³/mol. The molecule has 20 heavy (non-hydrogen) atoms. The van der Waals surface area contributed by atoms with Crippen LogP contribution in [0.3, 0.4) is 0 Å². The maximum atomic E-state index is 11.9. The summed E-state index contributed by atoms with van der Waals surface area (Å²) in [4.78, 5) is 33.9. The molecule has 0 bridgehead atoms. The van der Waals surface area contributed by atoms with Gasteiger partial charge in [0.15, 0.2) is 0 Å². The second-order valence-electron chi connectivity index (χ2n) is 3.99. The molecule has 1 aromatic carbocycles. The van der Waals surface area contributed by atoms with Gasteiger partial charge in [0.2, 0.25) is 6.10 Å². The highest BCUT2D eigenvalue weighted by molar-refractivity contribution is 7.98. The van der Waals surface area contributed by atoms with E-state index in [4.69, 9.17) is 4.74 Å². The highest BCUT2D eigenvalue weighted by Crippen LogP contribution is 2.28. The third kappa shape index (κ3) is 2.90. The van der Waals surface area contributed by atoms with Crippen LogP contribution >= 0.6 is 11.8 Å². The van der Waals surface area contributed by atoms with Crippen molar-refractivity contribution in [2.24, 2.45) is 0 Å². The SMILES string of the molecule is CSc1ccc(C(=O)O[C@H]2CCOC2=O)cc1[N+](=O)[O-]. The van der Waals surface area contributed by atoms with Crippen molar-refractivity contribution in [2.45, 2.75) is 17.4 Å². The van der Waals surface area contributed by atoms with E-state index in [9.17, 15) is 19.7 Å². The monoisotopic (exact) mass is 297 g/mol. The van der Waals surface area contributed by atoms with Crippen molar-refractivity contribution < 1.29 is 24.0 Å². The van der Waals surface area contributed by atoms with E-state index in [0.29, 0.717) is 11.3 Å². The van der Waals surface area contributed by atoms with E-state index in [0.717, 1.165) is 6.07 Å². The first-order valence-electron chi connectivity index (χ1n) is 5.73. The van der Waals surface area contributed by atoms with Crippen molar-refractivity contribution in [3.63, 3.8) is 0 Å². The summed E-state index contributed by atoms with van der Waals surface area (Å²) < 4.78 is 9.65. The zero-order valence-corrected chi connectivity index (χ0v) is 11.3. The van der Waals surface area contributed by atoms with E-state index < -0.39 is 23.0 Å². The molecule has 1 atom stereocenters. The Kier molecular flexibility index (Phi) is 4.23. The number of nitro groups is 1. The molecular formula is C12H11NO6S. The number of cyclic esters (lactones) is 1. The maximum absolute atomic E-state index is 11.9. The summed E-state index contributed by atoms with van der Waals surface area (Å²) >= 11 is 1.21. The molecule has 0 amide bonds. The Balaban J connectivity index is 2.19. The average Bonchev–Trinajstić information content (AvgIpc) is 2.83. The van der Waals surface area contributed by atoms with Crippen LogP contribution in [0.15, 0.2) is 23.1 Å². The first kappa shape index (κ1) is 14.3. The van der Waals surface area contributed by atoms with Gasteiger partial charge in [-0.2, -0.15) is 0 Å². The van der Waals surface area contributed by atoms with Crippen molar-refractivity contribution in [1.29, 1.82) is 0 Å². The molecule has 8 heteroatoms. The van der Waals surface area contributed by atoms with Crippen LogP contribution in [0.1, 0.15) is 16.8 Å². The summed E-state index contributed by atoms with van der Waals surface area (Å²) in [7, 11) is 0. The van der Waals surface area contributed by atoms with E-state index in [1.165, 1.54) is 23.9 Å². The molecule has 106 valence electrons. The predicted octanol–water partition coefficient (Wildman–Crippen LogP) is 1.79. The van der Waals surface area contributed by atoms with Crippen LogP contribution in [0.5, 0.6) is 0 Å². The van der Waals surface area contributed by atoms with Gasteiger partial charge in [-0.15, -0.1) is 11.8 Å². The van der Waals surface area contributed by atoms with Gasteiger partial charge in [0.05, 0.1) is 22.0 Å². The average molecular weight is 297 g/mol. The zero-order chi connectivity index (χ0) is 14.7. The van der Waals surface area contributed by atoms with Crippen LogP contribution in [0.4, 0.5) is 5.69 Å². The van der Waals surface area contributed by atoms with Crippen molar-refractivity contribution in [2.75, 3.05) is 12.9 Å². The summed E-state index contributed by atoms with van der Waals surface area (Å²) in [5.74, 6) is -1.36. The zero-order valence-electron chi connectivity index (χ0n) is 10.5. The molecule has 0 aliphatic carbocycles. The van der Waals surface area contributed by atoms with Gasteiger partial charge in [-0.3, -0.25) is 10.1 Å². The molecule has 7 nitrogen and oxygen atoms in total. The summed E-state index contributed by atoms with van der Waals surface area (Å²) in [6, 6.07) is 4.06. The van der Waals surface area contributed by atoms with Gasteiger partial charge in [0.1, 0.15) is 0 Å². The third-order valence-corrected chi connectivity index (χ3v) is 3.53. The third-order valence-electron chi connectivity index (χ3n) is 2.75. The largest absolute Gasteiger partial charge is 0.463 e. The minimum Gasteiger partial charge on any atom is -0.463 e. The van der Waals surface area contributed by atoms with E-state index in [1.807, 2.05) is 0 Å². The summed E-state index contributed by atoms with van der Waals surface area (Å²) in [6.07, 6.45) is 1.08. The van der Waals surface area contributed by atoms with Crippen LogP contribution in [-0.2, 0) is 14.3 Å². The van der Waals surface area contributed by atoms with Crippen molar-refractivity contribution in [3.05, 3.63) is 33.9 Å². The van der Waals surface area contributed by atoms with Gasteiger partial charge < -0.3 is 9.47 Å². The van der Waals surface area contributed by atoms with Crippen molar-refractivity contribution >= 4 is 29.4 Å². The fourth-order valence-corrected chi connectivity index (χ4v) is 2.29. The topological polar surface area (TPSA) is 95.7 Å². The highest BCUT2D eigenvalue weighted by atomic mass is 32.2. The van der Waals surface area contributed by atoms with E-state index in [1.54, 1.807) is 6.26 Å². The number of carbonyl (C=O) groups is 2. The Morgan fingerprint density at radius 2 is 2.30 bits per heavy atom. The van der Waals surface area contributed by atoms with Gasteiger partial charge in [-0.05, 0) is 18.4 Å². The number of carbonyl (C=O) groups excluding carboxylic acids is 2. The molecule has 0 unspecified atom stereocenters.